The summed E-state index contributed by atoms with van der Waals surface area (Å²) >= 11 is 0. The minimum Gasteiger partial charge on any atom is -0.465 e. The summed E-state index contributed by atoms with van der Waals surface area (Å²) in [7, 11) is 1.59. The summed E-state index contributed by atoms with van der Waals surface area (Å²) in [6.07, 6.45) is 4.52. The predicted molar refractivity (Wildman–Crippen MR) is 86.6 cm³/mol. The van der Waals surface area contributed by atoms with Crippen molar-refractivity contribution in [2.45, 2.75) is 6.54 Å². The second-order valence-electron chi connectivity index (χ2n) is 4.99. The van der Waals surface area contributed by atoms with E-state index in [9.17, 15) is 9.59 Å². The van der Waals surface area contributed by atoms with Crippen LogP contribution >= 0.6 is 0 Å². The molecular formula is C17H15N3O3. The van der Waals surface area contributed by atoms with Crippen LogP contribution in [0.2, 0.25) is 0 Å². The van der Waals surface area contributed by atoms with Gasteiger partial charge in [-0.3, -0.25) is 9.59 Å². The molecule has 0 fully saturated rings. The van der Waals surface area contributed by atoms with Crippen LogP contribution < -0.4 is 10.9 Å². The van der Waals surface area contributed by atoms with E-state index >= 15 is 0 Å². The molecular weight excluding hydrogens is 294 g/mol. The SMILES string of the molecule is Cn1nc(CNC(=O)C=Cc2ccco2)c2ccccc2c1=O. The van der Waals surface area contributed by atoms with E-state index in [0.717, 1.165) is 5.39 Å². The van der Waals surface area contributed by atoms with Gasteiger partial charge < -0.3 is 9.73 Å². The van der Waals surface area contributed by atoms with Gasteiger partial charge in [0.1, 0.15) is 5.76 Å². The minimum absolute atomic E-state index is 0.159. The summed E-state index contributed by atoms with van der Waals surface area (Å²) < 4.78 is 6.40. The van der Waals surface area contributed by atoms with Crippen molar-refractivity contribution < 1.29 is 9.21 Å². The molecule has 0 saturated carbocycles. The van der Waals surface area contributed by atoms with Gasteiger partial charge in [-0.1, -0.05) is 18.2 Å². The number of hydrogen-bond acceptors (Lipinski definition) is 4. The number of nitrogens with one attached hydrogen (secondary N) is 1. The van der Waals surface area contributed by atoms with Gasteiger partial charge in [0, 0.05) is 18.5 Å². The zero-order valence-electron chi connectivity index (χ0n) is 12.5. The molecule has 1 amide bonds. The number of carbonyl (C=O) groups is 1. The number of carbonyl (C=O) groups excluding carboxylic acids is 1. The molecule has 6 heteroatoms. The molecule has 3 aromatic rings. The highest BCUT2D eigenvalue weighted by Gasteiger charge is 2.08. The molecule has 1 N–H and O–H groups in total. The Balaban J connectivity index is 1.78. The van der Waals surface area contributed by atoms with E-state index < -0.39 is 0 Å². The third-order valence-electron chi connectivity index (χ3n) is 3.41. The fourth-order valence-electron chi connectivity index (χ4n) is 2.28. The summed E-state index contributed by atoms with van der Waals surface area (Å²) in [4.78, 5) is 23.9. The van der Waals surface area contributed by atoms with Crippen LogP contribution in [0.25, 0.3) is 16.8 Å². The van der Waals surface area contributed by atoms with Crippen molar-refractivity contribution in [2.75, 3.05) is 0 Å². The van der Waals surface area contributed by atoms with Crippen LogP contribution in [0.5, 0.6) is 0 Å². The summed E-state index contributed by atoms with van der Waals surface area (Å²) in [6.45, 7) is 0.232. The maximum Gasteiger partial charge on any atom is 0.274 e. The highest BCUT2D eigenvalue weighted by molar-refractivity contribution is 5.91. The molecule has 2 heterocycles. The van der Waals surface area contributed by atoms with Crippen LogP contribution in [-0.2, 0) is 18.4 Å². The van der Waals surface area contributed by atoms with Gasteiger partial charge in [-0.15, -0.1) is 0 Å². The van der Waals surface area contributed by atoms with Gasteiger partial charge >= 0.3 is 0 Å². The number of aromatic nitrogens is 2. The van der Waals surface area contributed by atoms with Gasteiger partial charge in [-0.2, -0.15) is 5.10 Å². The number of fused-ring (bicyclic) bond motifs is 1. The second-order valence-corrected chi connectivity index (χ2v) is 4.99. The third-order valence-corrected chi connectivity index (χ3v) is 3.41. The Morgan fingerprint density at radius 1 is 1.26 bits per heavy atom. The fraction of sp³-hybridized carbons (Fsp3) is 0.118. The Morgan fingerprint density at radius 2 is 2.04 bits per heavy atom. The molecule has 0 aliphatic carbocycles. The summed E-state index contributed by atoms with van der Waals surface area (Å²) in [5, 5.41) is 8.31. The number of hydrogen-bond donors (Lipinski definition) is 1. The normalized spacial score (nSPS) is 11.2. The standard InChI is InChI=1S/C17H15N3O3/c1-20-17(22)14-7-3-2-6-13(14)15(19-20)11-18-16(21)9-8-12-5-4-10-23-12/h2-10H,11H2,1H3,(H,18,21). The number of amides is 1. The smallest absolute Gasteiger partial charge is 0.274 e. The topological polar surface area (TPSA) is 77.1 Å². The monoisotopic (exact) mass is 309 g/mol. The molecule has 116 valence electrons. The van der Waals surface area contributed by atoms with E-state index in [-0.39, 0.29) is 18.0 Å². The van der Waals surface area contributed by atoms with Crippen molar-refractivity contribution >= 4 is 22.8 Å². The average Bonchev–Trinajstić information content (AvgIpc) is 3.08. The van der Waals surface area contributed by atoms with E-state index in [1.54, 1.807) is 37.4 Å². The van der Waals surface area contributed by atoms with E-state index in [1.165, 1.54) is 17.0 Å². The molecule has 1 aromatic carbocycles. The largest absolute Gasteiger partial charge is 0.465 e. The fourth-order valence-corrected chi connectivity index (χ4v) is 2.28. The molecule has 0 saturated heterocycles. The second kappa shape index (κ2) is 6.31. The van der Waals surface area contributed by atoms with Crippen LogP contribution in [0.4, 0.5) is 0 Å². The molecule has 3 rings (SSSR count). The van der Waals surface area contributed by atoms with Crippen LogP contribution in [0, 0.1) is 0 Å². The molecule has 0 bridgehead atoms. The third kappa shape index (κ3) is 3.21. The number of rotatable bonds is 4. The molecule has 0 atom stereocenters. The molecule has 0 unspecified atom stereocenters. The highest BCUT2D eigenvalue weighted by atomic mass is 16.3. The van der Waals surface area contributed by atoms with Crippen molar-refractivity contribution in [3.63, 3.8) is 0 Å². The Kier molecular flexibility index (Phi) is 4.05. The minimum atomic E-state index is -0.263. The average molecular weight is 309 g/mol. The van der Waals surface area contributed by atoms with Crippen LogP contribution in [0.15, 0.2) is 57.9 Å². The highest BCUT2D eigenvalue weighted by Crippen LogP contribution is 2.12. The lowest BCUT2D eigenvalue weighted by Crippen LogP contribution is -2.26. The molecule has 2 aromatic heterocycles. The van der Waals surface area contributed by atoms with E-state index in [2.05, 4.69) is 10.4 Å². The van der Waals surface area contributed by atoms with Gasteiger partial charge in [-0.25, -0.2) is 4.68 Å². The lowest BCUT2D eigenvalue weighted by molar-refractivity contribution is -0.116. The van der Waals surface area contributed by atoms with Crippen molar-refractivity contribution in [3.8, 4) is 0 Å². The van der Waals surface area contributed by atoms with Gasteiger partial charge in [0.25, 0.3) is 5.56 Å². The van der Waals surface area contributed by atoms with Crippen LogP contribution in [0.1, 0.15) is 11.5 Å². The predicted octanol–water partition coefficient (Wildman–Crippen LogP) is 1.86. The zero-order valence-corrected chi connectivity index (χ0v) is 12.5. The molecule has 0 aliphatic heterocycles. The molecule has 23 heavy (non-hydrogen) atoms. The zero-order chi connectivity index (χ0) is 16.2. The quantitative estimate of drug-likeness (QED) is 0.746. The van der Waals surface area contributed by atoms with Crippen molar-refractivity contribution in [1.82, 2.24) is 15.1 Å². The first-order valence-corrected chi connectivity index (χ1v) is 7.09. The molecule has 0 aliphatic rings. The van der Waals surface area contributed by atoms with Crippen molar-refractivity contribution in [3.05, 3.63) is 70.5 Å². The Bertz CT molecular complexity index is 924. The first kappa shape index (κ1) is 14.8. The summed E-state index contributed by atoms with van der Waals surface area (Å²) in [5.74, 6) is 0.340. The summed E-state index contributed by atoms with van der Waals surface area (Å²) in [6, 6.07) is 10.7. The van der Waals surface area contributed by atoms with Gasteiger partial charge in [0.15, 0.2) is 0 Å². The van der Waals surface area contributed by atoms with E-state index in [0.29, 0.717) is 16.8 Å². The maximum atomic E-state index is 12.0. The van der Waals surface area contributed by atoms with Crippen molar-refractivity contribution in [1.29, 1.82) is 0 Å². The summed E-state index contributed by atoms with van der Waals surface area (Å²) in [5.41, 5.74) is 0.482. The van der Waals surface area contributed by atoms with Gasteiger partial charge in [-0.05, 0) is 24.3 Å². The number of nitrogens with zero attached hydrogens (tertiary/aromatic N) is 2. The molecule has 0 radical (unpaired) electrons. The van der Waals surface area contributed by atoms with E-state index in [1.807, 2.05) is 12.1 Å². The van der Waals surface area contributed by atoms with Gasteiger partial charge in [0.2, 0.25) is 5.91 Å². The first-order chi connectivity index (χ1) is 11.1. The van der Waals surface area contributed by atoms with Crippen LogP contribution in [-0.4, -0.2) is 15.7 Å². The lowest BCUT2D eigenvalue weighted by Gasteiger charge is -2.08. The maximum absolute atomic E-state index is 12.0. The lowest BCUT2D eigenvalue weighted by atomic mass is 10.1. The van der Waals surface area contributed by atoms with E-state index in [4.69, 9.17) is 4.42 Å². The Morgan fingerprint density at radius 3 is 2.78 bits per heavy atom. The number of aryl methyl sites for hydroxylation is 1. The molecule has 6 nitrogen and oxygen atoms in total. The van der Waals surface area contributed by atoms with Crippen LogP contribution in [0.3, 0.4) is 0 Å². The van der Waals surface area contributed by atoms with Gasteiger partial charge in [0.05, 0.1) is 23.9 Å². The Hall–Kier alpha value is -3.15. The Labute approximate surface area is 132 Å². The number of furan rings is 1. The van der Waals surface area contributed by atoms with Crippen molar-refractivity contribution in [2.24, 2.45) is 7.05 Å². The molecule has 0 spiro atoms. The number of benzene rings is 1. The first-order valence-electron chi connectivity index (χ1n) is 7.09.